The van der Waals surface area contributed by atoms with Crippen LogP contribution in [0.4, 0.5) is 0 Å². The first kappa shape index (κ1) is 13.5. The van der Waals surface area contributed by atoms with E-state index in [2.05, 4.69) is 30.3 Å². The Hall–Kier alpha value is -0.590. The molecule has 0 aromatic rings. The summed E-state index contributed by atoms with van der Waals surface area (Å²) in [4.78, 5) is 2.45. The molecular weight excluding hydrogens is 198 g/mol. The van der Waals surface area contributed by atoms with Gasteiger partial charge in [-0.2, -0.15) is 5.26 Å². The first-order chi connectivity index (χ1) is 7.61. The molecule has 1 atom stereocenters. The molecule has 3 nitrogen and oxygen atoms in total. The van der Waals surface area contributed by atoms with Crippen LogP contribution in [0.15, 0.2) is 0 Å². The van der Waals surface area contributed by atoms with Crippen molar-refractivity contribution in [1.82, 2.24) is 10.2 Å². The van der Waals surface area contributed by atoms with Gasteiger partial charge >= 0.3 is 0 Å². The lowest BCUT2D eigenvalue weighted by Crippen LogP contribution is -2.42. The van der Waals surface area contributed by atoms with Crippen molar-refractivity contribution < 1.29 is 0 Å². The summed E-state index contributed by atoms with van der Waals surface area (Å²) in [7, 11) is 2.21. The molecule has 1 saturated carbocycles. The molecule has 0 saturated heterocycles. The maximum absolute atomic E-state index is 9.12. The number of nitriles is 1. The molecule has 16 heavy (non-hydrogen) atoms. The summed E-state index contributed by atoms with van der Waals surface area (Å²) in [6.07, 6.45) is 6.15. The molecule has 0 aromatic carbocycles. The van der Waals surface area contributed by atoms with Crippen LogP contribution in [0.25, 0.3) is 0 Å². The van der Waals surface area contributed by atoms with Gasteiger partial charge in [-0.1, -0.05) is 13.3 Å². The molecule has 0 aromatic heterocycles. The zero-order valence-electron chi connectivity index (χ0n) is 10.9. The van der Waals surface area contributed by atoms with Gasteiger partial charge in [0.15, 0.2) is 0 Å². The number of nitrogens with zero attached hydrogens (tertiary/aromatic N) is 2. The second-order valence-electron chi connectivity index (χ2n) is 5.14. The van der Waals surface area contributed by atoms with Crippen molar-refractivity contribution in [3.05, 3.63) is 0 Å². The van der Waals surface area contributed by atoms with Crippen LogP contribution in [0.2, 0.25) is 0 Å². The van der Waals surface area contributed by atoms with Gasteiger partial charge in [0.1, 0.15) is 5.54 Å². The standard InChI is InChI=1S/C13H25N3/c1-4-15-13(2,11-14)9-6-10-16(3)12-7-5-8-12/h12,15H,4-10H2,1-3H3. The van der Waals surface area contributed by atoms with E-state index in [0.29, 0.717) is 0 Å². The van der Waals surface area contributed by atoms with Crippen molar-refractivity contribution in [2.24, 2.45) is 0 Å². The van der Waals surface area contributed by atoms with E-state index < -0.39 is 0 Å². The number of nitrogens with one attached hydrogen (secondary N) is 1. The van der Waals surface area contributed by atoms with E-state index in [-0.39, 0.29) is 5.54 Å². The zero-order chi connectivity index (χ0) is 12.0. The minimum absolute atomic E-state index is 0.338. The van der Waals surface area contributed by atoms with Crippen molar-refractivity contribution in [2.45, 2.75) is 57.5 Å². The van der Waals surface area contributed by atoms with E-state index in [1.165, 1.54) is 19.3 Å². The Labute approximate surface area is 99.8 Å². The predicted octanol–water partition coefficient (Wildman–Crippen LogP) is 2.14. The maximum Gasteiger partial charge on any atom is 0.103 e. The van der Waals surface area contributed by atoms with Crippen LogP contribution in [-0.4, -0.2) is 36.6 Å². The molecule has 92 valence electrons. The van der Waals surface area contributed by atoms with Gasteiger partial charge in [-0.3, -0.25) is 5.32 Å². The minimum Gasteiger partial charge on any atom is -0.303 e. The van der Waals surface area contributed by atoms with Crippen LogP contribution in [-0.2, 0) is 0 Å². The van der Waals surface area contributed by atoms with Gasteiger partial charge in [0.25, 0.3) is 0 Å². The summed E-state index contributed by atoms with van der Waals surface area (Å²) in [6, 6.07) is 3.19. The average Bonchev–Trinajstić information content (AvgIpc) is 2.15. The van der Waals surface area contributed by atoms with Gasteiger partial charge in [0.05, 0.1) is 6.07 Å². The molecule has 1 aliphatic rings. The first-order valence-corrected chi connectivity index (χ1v) is 6.48. The monoisotopic (exact) mass is 223 g/mol. The lowest BCUT2D eigenvalue weighted by molar-refractivity contribution is 0.154. The molecule has 1 N–H and O–H groups in total. The van der Waals surface area contributed by atoms with Gasteiger partial charge < -0.3 is 4.90 Å². The van der Waals surface area contributed by atoms with E-state index >= 15 is 0 Å². The van der Waals surface area contributed by atoms with Crippen LogP contribution < -0.4 is 5.32 Å². The molecule has 1 aliphatic carbocycles. The first-order valence-electron chi connectivity index (χ1n) is 6.48. The number of rotatable bonds is 7. The van der Waals surface area contributed by atoms with Gasteiger partial charge in [-0.15, -0.1) is 0 Å². The predicted molar refractivity (Wildman–Crippen MR) is 67.2 cm³/mol. The smallest absolute Gasteiger partial charge is 0.103 e. The SMILES string of the molecule is CCNC(C)(C#N)CCCN(C)C1CCC1. The van der Waals surface area contributed by atoms with Crippen LogP contribution in [0.1, 0.15) is 46.0 Å². The van der Waals surface area contributed by atoms with Crippen molar-refractivity contribution in [3.63, 3.8) is 0 Å². The zero-order valence-corrected chi connectivity index (χ0v) is 10.9. The largest absolute Gasteiger partial charge is 0.303 e. The Bertz CT molecular complexity index is 242. The topological polar surface area (TPSA) is 39.1 Å². The molecule has 0 heterocycles. The fraction of sp³-hybridized carbons (Fsp3) is 0.923. The number of hydrogen-bond donors (Lipinski definition) is 1. The molecule has 1 fully saturated rings. The summed E-state index contributed by atoms with van der Waals surface area (Å²) < 4.78 is 0. The Morgan fingerprint density at radius 2 is 2.19 bits per heavy atom. The van der Waals surface area contributed by atoms with Crippen molar-refractivity contribution in [2.75, 3.05) is 20.1 Å². The highest BCUT2D eigenvalue weighted by Gasteiger charge is 2.24. The van der Waals surface area contributed by atoms with Gasteiger partial charge in [-0.05, 0) is 52.7 Å². The third kappa shape index (κ3) is 3.77. The van der Waals surface area contributed by atoms with E-state index in [1.54, 1.807) is 0 Å². The Balaban J connectivity index is 2.20. The molecular formula is C13H25N3. The lowest BCUT2D eigenvalue weighted by Gasteiger charge is -2.35. The molecule has 1 rings (SSSR count). The second-order valence-corrected chi connectivity index (χ2v) is 5.14. The molecule has 3 heteroatoms. The van der Waals surface area contributed by atoms with Crippen molar-refractivity contribution in [1.29, 1.82) is 5.26 Å². The minimum atomic E-state index is -0.338. The highest BCUT2D eigenvalue weighted by Crippen LogP contribution is 2.24. The van der Waals surface area contributed by atoms with Crippen LogP contribution in [0, 0.1) is 11.3 Å². The number of hydrogen-bond acceptors (Lipinski definition) is 3. The molecule has 0 bridgehead atoms. The molecule has 0 amide bonds. The highest BCUT2D eigenvalue weighted by molar-refractivity contribution is 5.03. The third-order valence-electron chi connectivity index (χ3n) is 3.70. The maximum atomic E-state index is 9.12. The summed E-state index contributed by atoms with van der Waals surface area (Å²) in [5.41, 5.74) is -0.338. The summed E-state index contributed by atoms with van der Waals surface area (Å²) in [5.74, 6) is 0. The quantitative estimate of drug-likeness (QED) is 0.719. The summed E-state index contributed by atoms with van der Waals surface area (Å²) >= 11 is 0. The third-order valence-corrected chi connectivity index (χ3v) is 3.70. The molecule has 1 unspecified atom stereocenters. The van der Waals surface area contributed by atoms with E-state index in [9.17, 15) is 0 Å². The Morgan fingerprint density at radius 3 is 2.62 bits per heavy atom. The van der Waals surface area contributed by atoms with Gasteiger partial charge in [0, 0.05) is 6.04 Å². The average molecular weight is 223 g/mol. The summed E-state index contributed by atoms with van der Waals surface area (Å²) in [5, 5.41) is 12.4. The van der Waals surface area contributed by atoms with E-state index in [4.69, 9.17) is 5.26 Å². The molecule has 0 spiro atoms. The van der Waals surface area contributed by atoms with Crippen molar-refractivity contribution in [3.8, 4) is 6.07 Å². The Morgan fingerprint density at radius 1 is 1.50 bits per heavy atom. The fourth-order valence-electron chi connectivity index (χ4n) is 2.27. The highest BCUT2D eigenvalue weighted by atomic mass is 15.1. The second kappa shape index (κ2) is 6.22. The van der Waals surface area contributed by atoms with E-state index in [0.717, 1.165) is 32.0 Å². The fourth-order valence-corrected chi connectivity index (χ4v) is 2.27. The van der Waals surface area contributed by atoms with E-state index in [1.807, 2.05) is 6.92 Å². The molecule has 0 aliphatic heterocycles. The Kier molecular flexibility index (Phi) is 5.24. The van der Waals surface area contributed by atoms with Crippen LogP contribution in [0.3, 0.4) is 0 Å². The molecule has 0 radical (unpaired) electrons. The van der Waals surface area contributed by atoms with Gasteiger partial charge in [-0.25, -0.2) is 0 Å². The van der Waals surface area contributed by atoms with Crippen LogP contribution >= 0.6 is 0 Å². The summed E-state index contributed by atoms with van der Waals surface area (Å²) in [6.45, 7) is 6.03. The van der Waals surface area contributed by atoms with Gasteiger partial charge in [0.2, 0.25) is 0 Å². The van der Waals surface area contributed by atoms with Crippen LogP contribution in [0.5, 0.6) is 0 Å². The lowest BCUT2D eigenvalue weighted by atomic mass is 9.91. The van der Waals surface area contributed by atoms with Crippen molar-refractivity contribution >= 4 is 0 Å². The normalized spacial score (nSPS) is 20.2.